The van der Waals surface area contributed by atoms with E-state index < -0.39 is 0 Å². The fraction of sp³-hybridized carbons (Fsp3) is 0.357. The van der Waals surface area contributed by atoms with Crippen molar-refractivity contribution in [1.29, 1.82) is 0 Å². The number of aromatic hydroxyl groups is 3. The van der Waals surface area contributed by atoms with Crippen LogP contribution >= 0.6 is 0 Å². The molecule has 96 heavy (non-hydrogen) atoms. The maximum absolute atomic E-state index is 10.0. The summed E-state index contributed by atoms with van der Waals surface area (Å²) in [5.74, 6) is 5.28. The zero-order valence-electron chi connectivity index (χ0n) is 56.6. The molecule has 0 aromatic heterocycles. The molecule has 0 spiro atoms. The van der Waals surface area contributed by atoms with E-state index in [4.69, 9.17) is 42.6 Å². The maximum Gasteiger partial charge on any atom is 0.191 e. The molecule has 6 atom stereocenters. The largest absolute Gasteiger partial charge is 0.508 e. The summed E-state index contributed by atoms with van der Waals surface area (Å²) >= 11 is 0. The summed E-state index contributed by atoms with van der Waals surface area (Å²) in [5.41, 5.74) is 15.4. The van der Waals surface area contributed by atoms with Gasteiger partial charge in [-0.15, -0.1) is 0 Å². The van der Waals surface area contributed by atoms with Crippen LogP contribution in [0.3, 0.4) is 0 Å². The molecule has 9 aromatic rings. The first-order valence-corrected chi connectivity index (χ1v) is 34.6. The summed E-state index contributed by atoms with van der Waals surface area (Å²) in [4.78, 5) is 0. The van der Waals surface area contributed by atoms with Crippen LogP contribution in [0.4, 0.5) is 0 Å². The predicted molar refractivity (Wildman–Crippen MR) is 379 cm³/mol. The van der Waals surface area contributed by atoms with Crippen molar-refractivity contribution in [1.82, 2.24) is 0 Å². The molecule has 3 aliphatic rings. The van der Waals surface area contributed by atoms with Gasteiger partial charge in [-0.05, 0) is 237 Å². The summed E-state index contributed by atoms with van der Waals surface area (Å²) in [5, 5.41) is 30.0. The minimum atomic E-state index is -0.356. The van der Waals surface area contributed by atoms with Crippen LogP contribution in [-0.4, -0.2) is 93.7 Å². The first-order valence-electron chi connectivity index (χ1n) is 34.6. The Morgan fingerprint density at radius 1 is 0.292 bits per heavy atom. The Morgan fingerprint density at radius 3 is 0.760 bits per heavy atom. The maximum atomic E-state index is 10.0. The fourth-order valence-corrected chi connectivity index (χ4v) is 14.2. The van der Waals surface area contributed by atoms with E-state index in [2.05, 4.69) is 146 Å². The molecule has 3 N–H and O–H groups in total. The number of ether oxygens (including phenoxy) is 9. The highest BCUT2D eigenvalue weighted by Gasteiger charge is 2.35. The molecule has 0 saturated heterocycles. The van der Waals surface area contributed by atoms with E-state index in [-0.39, 0.29) is 36.6 Å². The van der Waals surface area contributed by atoms with Crippen molar-refractivity contribution in [2.24, 2.45) is 0 Å². The van der Waals surface area contributed by atoms with Gasteiger partial charge in [0, 0.05) is 57.4 Å². The van der Waals surface area contributed by atoms with E-state index in [0.717, 1.165) is 55.8 Å². The van der Waals surface area contributed by atoms with Gasteiger partial charge in [0.15, 0.2) is 18.9 Å². The Hall–Kier alpha value is -8.46. The third-order valence-corrected chi connectivity index (χ3v) is 18.4. The Balaban J connectivity index is 0.000000157. The standard InChI is InChI=1S/3C28H32O4/c3*1-3-30-27(31-4-2)19-32-24-14-10-21(11-15-24)28-25(20-8-6-5-7-9-20)16-12-22-18-23(29)13-17-26(22)28/h3*5-11,13-15,17-18,25,27-29H,3-4,12,16,19H2,1-2H3/t3*25-,28+/m110/s1. The van der Waals surface area contributed by atoms with E-state index >= 15 is 0 Å². The van der Waals surface area contributed by atoms with Crippen molar-refractivity contribution in [2.45, 2.75) is 134 Å². The smallest absolute Gasteiger partial charge is 0.191 e. The van der Waals surface area contributed by atoms with Crippen LogP contribution in [-0.2, 0) is 47.7 Å². The summed E-state index contributed by atoms with van der Waals surface area (Å²) < 4.78 is 51.2. The molecular formula is C84H96O12. The van der Waals surface area contributed by atoms with Gasteiger partial charge in [0.1, 0.15) is 54.3 Å². The van der Waals surface area contributed by atoms with Crippen LogP contribution in [0.1, 0.15) is 163 Å². The van der Waals surface area contributed by atoms with Crippen molar-refractivity contribution in [3.05, 3.63) is 285 Å². The number of phenols is 3. The quantitative estimate of drug-likeness (QED) is 0.0422. The highest BCUT2D eigenvalue weighted by atomic mass is 16.7. The molecule has 0 heterocycles. The van der Waals surface area contributed by atoms with Gasteiger partial charge < -0.3 is 58.0 Å². The molecular weight excluding hydrogens is 1200 g/mol. The topological polar surface area (TPSA) is 144 Å². The Labute approximate surface area is 568 Å². The molecule has 504 valence electrons. The van der Waals surface area contributed by atoms with Crippen LogP contribution in [0.5, 0.6) is 34.5 Å². The fourth-order valence-electron chi connectivity index (χ4n) is 14.2. The van der Waals surface area contributed by atoms with Gasteiger partial charge >= 0.3 is 0 Å². The third kappa shape index (κ3) is 18.8. The lowest BCUT2D eigenvalue weighted by molar-refractivity contribution is -0.152. The molecule has 9 aromatic carbocycles. The summed E-state index contributed by atoms with van der Waals surface area (Å²) in [7, 11) is 0. The van der Waals surface area contributed by atoms with Crippen LogP contribution < -0.4 is 14.2 Å². The normalized spacial score (nSPS) is 17.8. The van der Waals surface area contributed by atoms with Gasteiger partial charge in [0.05, 0.1) is 0 Å². The second kappa shape index (κ2) is 36.0. The Bertz CT molecular complexity index is 3330. The van der Waals surface area contributed by atoms with E-state index in [9.17, 15) is 15.3 Å². The molecule has 0 fully saturated rings. The van der Waals surface area contributed by atoms with Crippen molar-refractivity contribution >= 4 is 0 Å². The monoisotopic (exact) mass is 1300 g/mol. The summed E-state index contributed by atoms with van der Waals surface area (Å²) in [6, 6.07) is 74.8. The molecule has 0 bridgehead atoms. The molecule has 0 saturated carbocycles. The second-order valence-electron chi connectivity index (χ2n) is 24.4. The molecule has 0 aliphatic heterocycles. The molecule has 0 amide bonds. The van der Waals surface area contributed by atoms with Crippen LogP contribution in [0, 0.1) is 0 Å². The number of rotatable bonds is 27. The number of hydrogen-bond donors (Lipinski definition) is 3. The zero-order chi connectivity index (χ0) is 67.0. The SMILES string of the molecule is CCOC(COc1ccc([C@@H]2c3ccc(O)cc3CC[C@@H]2c2ccccc2)cc1)OCC.CCOC(COc1ccc([C@@H]2c3ccc(O)cc3CC[C@@H]2c2ccccc2)cc1)OCC.CCOC(COc1ccc([C@H]2c3ccc(O)cc3CC[C@H]2c2ccccc2)cc1)OCC. The molecule has 12 heteroatoms. The van der Waals surface area contributed by atoms with Gasteiger partial charge in [-0.1, -0.05) is 146 Å². The lowest BCUT2D eigenvalue weighted by Gasteiger charge is -2.35. The van der Waals surface area contributed by atoms with E-state index in [1.807, 2.05) is 96.1 Å². The molecule has 12 rings (SSSR count). The van der Waals surface area contributed by atoms with Crippen molar-refractivity contribution in [3.63, 3.8) is 0 Å². The third-order valence-electron chi connectivity index (χ3n) is 18.4. The number of fused-ring (bicyclic) bond motifs is 3. The highest BCUT2D eigenvalue weighted by molar-refractivity contribution is 5.52. The first kappa shape index (κ1) is 70.3. The number of aryl methyl sites for hydroxylation is 3. The Kier molecular flexibility index (Phi) is 26.4. The molecule has 0 unspecified atom stereocenters. The van der Waals surface area contributed by atoms with Gasteiger partial charge in [-0.2, -0.15) is 0 Å². The van der Waals surface area contributed by atoms with E-state index in [1.165, 1.54) is 66.8 Å². The lowest BCUT2D eigenvalue weighted by atomic mass is 9.69. The van der Waals surface area contributed by atoms with Crippen LogP contribution in [0.2, 0.25) is 0 Å². The minimum Gasteiger partial charge on any atom is -0.508 e. The van der Waals surface area contributed by atoms with Gasteiger partial charge in [0.2, 0.25) is 0 Å². The van der Waals surface area contributed by atoms with Gasteiger partial charge in [0.25, 0.3) is 0 Å². The van der Waals surface area contributed by atoms with Crippen molar-refractivity contribution < 1.29 is 58.0 Å². The van der Waals surface area contributed by atoms with Crippen molar-refractivity contribution in [2.75, 3.05) is 59.5 Å². The molecule has 12 nitrogen and oxygen atoms in total. The van der Waals surface area contributed by atoms with Crippen LogP contribution in [0.15, 0.2) is 218 Å². The number of phenolic OH excluding ortho intramolecular Hbond substituents is 3. The summed E-state index contributed by atoms with van der Waals surface area (Å²) in [6.45, 7) is 16.3. The lowest BCUT2D eigenvalue weighted by Crippen LogP contribution is -2.25. The Morgan fingerprint density at radius 2 is 0.531 bits per heavy atom. The summed E-state index contributed by atoms with van der Waals surface area (Å²) in [6.07, 6.45) is 4.99. The first-order chi connectivity index (χ1) is 47.1. The van der Waals surface area contributed by atoms with Gasteiger partial charge in [-0.3, -0.25) is 0 Å². The average molecular weight is 1300 g/mol. The van der Waals surface area contributed by atoms with E-state index in [1.54, 1.807) is 18.2 Å². The average Bonchev–Trinajstić information content (AvgIpc) is 0.788. The predicted octanol–water partition coefficient (Wildman–Crippen LogP) is 18.1. The minimum absolute atomic E-state index is 0.232. The number of hydrogen-bond acceptors (Lipinski definition) is 12. The van der Waals surface area contributed by atoms with Crippen LogP contribution in [0.25, 0.3) is 0 Å². The van der Waals surface area contributed by atoms with Gasteiger partial charge in [-0.25, -0.2) is 0 Å². The molecule has 0 radical (unpaired) electrons. The molecule has 3 aliphatic carbocycles. The van der Waals surface area contributed by atoms with E-state index in [0.29, 0.717) is 94.5 Å². The highest BCUT2D eigenvalue weighted by Crippen LogP contribution is 2.50. The zero-order valence-corrected chi connectivity index (χ0v) is 56.6. The second-order valence-corrected chi connectivity index (χ2v) is 24.4. The van der Waals surface area contributed by atoms with Crippen molar-refractivity contribution in [3.8, 4) is 34.5 Å². The number of benzene rings is 9.